The van der Waals surface area contributed by atoms with Gasteiger partial charge < -0.3 is 20.8 Å². The Morgan fingerprint density at radius 1 is 1.50 bits per heavy atom. The van der Waals surface area contributed by atoms with Gasteiger partial charge >= 0.3 is 5.97 Å². The minimum Gasteiger partial charge on any atom is -0.478 e. The highest BCUT2D eigenvalue weighted by molar-refractivity contribution is 9.10. The number of β-amino-alcohol motifs (C(OH)–C–C–N with tert-alkyl or cyclic N) is 1. The maximum absolute atomic E-state index is 10.9. The number of anilines is 2. The van der Waals surface area contributed by atoms with Crippen LogP contribution < -0.4 is 10.6 Å². The number of nitrogen functional groups attached to an aromatic ring is 1. The number of halogens is 1. The highest BCUT2D eigenvalue weighted by atomic mass is 79.9. The van der Waals surface area contributed by atoms with Crippen LogP contribution in [0.1, 0.15) is 23.2 Å². The molecule has 5 nitrogen and oxygen atoms in total. The van der Waals surface area contributed by atoms with Gasteiger partial charge in [0.25, 0.3) is 0 Å². The van der Waals surface area contributed by atoms with Gasteiger partial charge in [0.05, 0.1) is 23.0 Å². The Morgan fingerprint density at radius 3 is 2.78 bits per heavy atom. The van der Waals surface area contributed by atoms with E-state index in [-0.39, 0.29) is 11.7 Å². The molecule has 1 aromatic rings. The van der Waals surface area contributed by atoms with Crippen LogP contribution in [0.5, 0.6) is 0 Å². The fraction of sp³-hybridized carbons (Fsp3) is 0.417. The van der Waals surface area contributed by atoms with E-state index in [9.17, 15) is 9.90 Å². The molecular weight excluding hydrogens is 300 g/mol. The Bertz CT molecular complexity index is 455. The topological polar surface area (TPSA) is 86.8 Å². The molecule has 0 unspecified atom stereocenters. The van der Waals surface area contributed by atoms with Crippen LogP contribution in [0.4, 0.5) is 11.4 Å². The van der Waals surface area contributed by atoms with E-state index in [1.54, 1.807) is 0 Å². The highest BCUT2D eigenvalue weighted by Crippen LogP contribution is 2.35. The molecule has 1 aliphatic rings. The molecule has 0 amide bonds. The van der Waals surface area contributed by atoms with Crippen LogP contribution in [0.15, 0.2) is 16.6 Å². The number of aromatic carboxylic acids is 1. The maximum atomic E-state index is 10.9. The molecule has 1 heterocycles. The lowest BCUT2D eigenvalue weighted by atomic mass is 10.1. The summed E-state index contributed by atoms with van der Waals surface area (Å²) in [6, 6.07) is 2.98. The number of nitrogens with two attached hydrogens (primary N) is 1. The third-order valence-corrected chi connectivity index (χ3v) is 3.66. The van der Waals surface area contributed by atoms with E-state index in [2.05, 4.69) is 15.9 Å². The number of benzene rings is 1. The highest BCUT2D eigenvalue weighted by Gasteiger charge is 2.22. The van der Waals surface area contributed by atoms with Gasteiger partial charge in [-0.2, -0.15) is 0 Å². The minimum atomic E-state index is -1.01. The quantitative estimate of drug-likeness (QED) is 0.723. The van der Waals surface area contributed by atoms with E-state index < -0.39 is 5.97 Å². The van der Waals surface area contributed by atoms with Crippen molar-refractivity contribution in [3.05, 3.63) is 22.2 Å². The molecule has 0 saturated carbocycles. The average molecular weight is 315 g/mol. The van der Waals surface area contributed by atoms with Crippen LogP contribution in [-0.4, -0.2) is 35.4 Å². The molecular formula is C12H15BrN2O3. The number of nitrogens with zero attached hydrogens (tertiary/aromatic N) is 1. The Labute approximate surface area is 113 Å². The molecule has 1 fully saturated rings. The summed E-state index contributed by atoms with van der Waals surface area (Å²) in [6.07, 6.45) is 1.33. The zero-order valence-electron chi connectivity index (χ0n) is 9.77. The van der Waals surface area contributed by atoms with Crippen molar-refractivity contribution in [2.45, 2.75) is 18.9 Å². The van der Waals surface area contributed by atoms with E-state index in [0.29, 0.717) is 16.7 Å². The molecule has 1 atom stereocenters. The first-order valence-electron chi connectivity index (χ1n) is 5.74. The molecule has 4 N–H and O–H groups in total. The number of carboxylic acid groups (broad SMARTS) is 1. The van der Waals surface area contributed by atoms with Crippen molar-refractivity contribution in [1.29, 1.82) is 0 Å². The Balaban J connectivity index is 2.36. The average Bonchev–Trinajstić information content (AvgIpc) is 2.27. The number of carbonyl (C=O) groups is 1. The summed E-state index contributed by atoms with van der Waals surface area (Å²) in [7, 11) is 0. The fourth-order valence-electron chi connectivity index (χ4n) is 2.24. The fourth-order valence-corrected chi connectivity index (χ4v) is 2.96. The zero-order valence-corrected chi connectivity index (χ0v) is 11.4. The summed E-state index contributed by atoms with van der Waals surface area (Å²) in [5.41, 5.74) is 7.25. The molecule has 1 saturated heterocycles. The molecule has 6 heteroatoms. The summed E-state index contributed by atoms with van der Waals surface area (Å²) in [5, 5.41) is 18.6. The van der Waals surface area contributed by atoms with Crippen LogP contribution >= 0.6 is 15.9 Å². The molecule has 1 aromatic carbocycles. The summed E-state index contributed by atoms with van der Waals surface area (Å²) in [6.45, 7) is 1.33. The predicted octanol–water partition coefficient (Wildman–Crippen LogP) is 1.69. The Kier molecular flexibility index (Phi) is 3.77. The molecule has 0 aliphatic carbocycles. The lowest BCUT2D eigenvalue weighted by Gasteiger charge is -2.33. The van der Waals surface area contributed by atoms with Crippen LogP contribution in [0.2, 0.25) is 0 Å². The summed E-state index contributed by atoms with van der Waals surface area (Å²) >= 11 is 3.36. The number of aliphatic hydroxyl groups is 1. The monoisotopic (exact) mass is 314 g/mol. The largest absolute Gasteiger partial charge is 0.478 e. The van der Waals surface area contributed by atoms with E-state index in [0.717, 1.165) is 25.1 Å². The van der Waals surface area contributed by atoms with Gasteiger partial charge in [0.2, 0.25) is 0 Å². The number of rotatable bonds is 2. The van der Waals surface area contributed by atoms with Crippen LogP contribution in [-0.2, 0) is 0 Å². The van der Waals surface area contributed by atoms with Gasteiger partial charge in [-0.05, 0) is 40.9 Å². The van der Waals surface area contributed by atoms with E-state index in [1.165, 1.54) is 12.1 Å². The van der Waals surface area contributed by atoms with Gasteiger partial charge in [0.1, 0.15) is 0 Å². The summed E-state index contributed by atoms with van der Waals surface area (Å²) < 4.78 is 0.647. The molecule has 1 aliphatic heterocycles. The maximum Gasteiger partial charge on any atom is 0.335 e. The SMILES string of the molecule is Nc1cc(C(=O)O)cc(Br)c1N1CCC[C@H](O)C1. The third-order valence-electron chi connectivity index (χ3n) is 3.05. The molecule has 0 spiro atoms. The van der Waals surface area contributed by atoms with Crippen molar-refractivity contribution in [1.82, 2.24) is 0 Å². The lowest BCUT2D eigenvalue weighted by Crippen LogP contribution is -2.38. The van der Waals surface area contributed by atoms with E-state index >= 15 is 0 Å². The first kappa shape index (κ1) is 13.2. The van der Waals surface area contributed by atoms with E-state index in [4.69, 9.17) is 10.8 Å². The minimum absolute atomic E-state index is 0.153. The lowest BCUT2D eigenvalue weighted by molar-refractivity contribution is 0.0697. The van der Waals surface area contributed by atoms with Crippen molar-refractivity contribution in [2.75, 3.05) is 23.7 Å². The molecule has 0 radical (unpaired) electrons. The Hall–Kier alpha value is -1.27. The van der Waals surface area contributed by atoms with Crippen LogP contribution in [0.25, 0.3) is 0 Å². The Morgan fingerprint density at radius 2 is 2.22 bits per heavy atom. The van der Waals surface area contributed by atoms with Gasteiger partial charge in [0, 0.05) is 17.6 Å². The number of piperidine rings is 1. The second-order valence-corrected chi connectivity index (χ2v) is 5.30. The second kappa shape index (κ2) is 5.16. The number of hydrogen-bond donors (Lipinski definition) is 3. The summed E-state index contributed by atoms with van der Waals surface area (Å²) in [5.74, 6) is -1.01. The molecule has 18 heavy (non-hydrogen) atoms. The van der Waals surface area contributed by atoms with Crippen molar-refractivity contribution in [3.8, 4) is 0 Å². The van der Waals surface area contributed by atoms with Gasteiger partial charge in [0.15, 0.2) is 0 Å². The van der Waals surface area contributed by atoms with Gasteiger partial charge in [-0.3, -0.25) is 0 Å². The van der Waals surface area contributed by atoms with Crippen molar-refractivity contribution in [2.24, 2.45) is 0 Å². The normalized spacial score (nSPS) is 19.9. The third kappa shape index (κ3) is 2.59. The van der Waals surface area contributed by atoms with E-state index in [1.807, 2.05) is 4.90 Å². The van der Waals surface area contributed by atoms with Crippen LogP contribution in [0, 0.1) is 0 Å². The second-order valence-electron chi connectivity index (χ2n) is 4.44. The molecule has 2 rings (SSSR count). The van der Waals surface area contributed by atoms with Crippen LogP contribution in [0.3, 0.4) is 0 Å². The predicted molar refractivity (Wildman–Crippen MR) is 73.0 cm³/mol. The van der Waals surface area contributed by atoms with Gasteiger partial charge in [-0.25, -0.2) is 4.79 Å². The first-order chi connectivity index (χ1) is 8.49. The first-order valence-corrected chi connectivity index (χ1v) is 6.53. The van der Waals surface area contributed by atoms with Gasteiger partial charge in [-0.15, -0.1) is 0 Å². The van der Waals surface area contributed by atoms with Gasteiger partial charge in [-0.1, -0.05) is 0 Å². The standard InChI is InChI=1S/C12H15BrN2O3/c13-9-4-7(12(17)18)5-10(14)11(9)15-3-1-2-8(16)6-15/h4-5,8,16H,1-3,6,14H2,(H,17,18)/t8-/m0/s1. The van der Waals surface area contributed by atoms with Crippen molar-refractivity contribution < 1.29 is 15.0 Å². The molecule has 98 valence electrons. The molecule has 0 bridgehead atoms. The van der Waals surface area contributed by atoms with Crippen molar-refractivity contribution in [3.63, 3.8) is 0 Å². The molecule has 0 aromatic heterocycles. The summed E-state index contributed by atoms with van der Waals surface area (Å²) in [4.78, 5) is 12.9. The zero-order chi connectivity index (χ0) is 13.3. The van der Waals surface area contributed by atoms with Crippen molar-refractivity contribution >= 4 is 33.3 Å². The smallest absolute Gasteiger partial charge is 0.335 e. The number of aliphatic hydroxyl groups excluding tert-OH is 1. The number of carboxylic acids is 1. The number of hydrogen-bond acceptors (Lipinski definition) is 4.